The molecule has 1 aliphatic carbocycles. The SMILES string of the molecule is CCCCC(=O)OCC(=O)NN1C(=O)NC2(CCC(C)CC2)C1=O. The summed E-state index contributed by atoms with van der Waals surface area (Å²) in [6.45, 7) is 3.55. The normalized spacial score (nSPS) is 26.4. The molecule has 2 N–H and O–H groups in total. The third kappa shape index (κ3) is 4.04. The standard InChI is InChI=1S/C16H25N3O5/c1-3-4-5-13(21)24-10-12(20)18-19-14(22)16(17-15(19)23)8-6-11(2)7-9-16/h11H,3-10H2,1-2H3,(H,17,23)(H,18,20). The number of urea groups is 1. The molecule has 1 aliphatic heterocycles. The lowest BCUT2D eigenvalue weighted by atomic mass is 9.77. The van der Waals surface area contributed by atoms with Crippen LogP contribution in [-0.2, 0) is 19.1 Å². The Morgan fingerprint density at radius 3 is 2.62 bits per heavy atom. The molecule has 1 saturated carbocycles. The van der Waals surface area contributed by atoms with Gasteiger partial charge in [-0.3, -0.25) is 19.8 Å². The van der Waals surface area contributed by atoms with Crippen molar-refractivity contribution >= 4 is 23.8 Å². The van der Waals surface area contributed by atoms with E-state index in [9.17, 15) is 19.2 Å². The average Bonchev–Trinajstić information content (AvgIpc) is 2.78. The van der Waals surface area contributed by atoms with E-state index in [2.05, 4.69) is 17.7 Å². The van der Waals surface area contributed by atoms with Gasteiger partial charge in [0.25, 0.3) is 11.8 Å². The fourth-order valence-corrected chi connectivity index (χ4v) is 3.01. The number of amides is 4. The number of rotatable bonds is 6. The highest BCUT2D eigenvalue weighted by Gasteiger charge is 2.52. The fraction of sp³-hybridized carbons (Fsp3) is 0.750. The van der Waals surface area contributed by atoms with Gasteiger partial charge in [0.05, 0.1) is 0 Å². The first kappa shape index (κ1) is 18.2. The van der Waals surface area contributed by atoms with Crippen molar-refractivity contribution in [3.8, 4) is 0 Å². The highest BCUT2D eigenvalue weighted by molar-refractivity contribution is 6.08. The maximum absolute atomic E-state index is 12.5. The summed E-state index contributed by atoms with van der Waals surface area (Å²) in [5.41, 5.74) is 1.32. The Morgan fingerprint density at radius 1 is 1.33 bits per heavy atom. The predicted octanol–water partition coefficient (Wildman–Crippen LogP) is 1.25. The quantitative estimate of drug-likeness (QED) is 0.560. The van der Waals surface area contributed by atoms with Gasteiger partial charge in [-0.25, -0.2) is 4.79 Å². The summed E-state index contributed by atoms with van der Waals surface area (Å²) in [6, 6.07) is -0.639. The molecule has 8 heteroatoms. The Hall–Kier alpha value is -2.12. The number of nitrogens with zero attached hydrogens (tertiary/aromatic N) is 1. The monoisotopic (exact) mass is 339 g/mol. The Morgan fingerprint density at radius 2 is 2.00 bits per heavy atom. The van der Waals surface area contributed by atoms with Crippen molar-refractivity contribution in [1.82, 2.24) is 15.8 Å². The molecule has 134 valence electrons. The van der Waals surface area contributed by atoms with Crippen LogP contribution in [0.5, 0.6) is 0 Å². The number of carbonyl (C=O) groups excluding carboxylic acids is 4. The van der Waals surface area contributed by atoms with Crippen LogP contribution >= 0.6 is 0 Å². The van der Waals surface area contributed by atoms with Crippen LogP contribution in [0.4, 0.5) is 4.79 Å². The maximum Gasteiger partial charge on any atom is 0.344 e. The molecule has 0 radical (unpaired) electrons. The Balaban J connectivity index is 1.86. The van der Waals surface area contributed by atoms with E-state index in [-0.39, 0.29) is 6.42 Å². The third-order valence-electron chi connectivity index (χ3n) is 4.62. The molecule has 1 spiro atoms. The van der Waals surface area contributed by atoms with Crippen molar-refractivity contribution in [2.24, 2.45) is 5.92 Å². The largest absolute Gasteiger partial charge is 0.455 e. The van der Waals surface area contributed by atoms with Gasteiger partial charge in [-0.15, -0.1) is 0 Å². The number of nitrogens with one attached hydrogen (secondary N) is 2. The molecular weight excluding hydrogens is 314 g/mol. The van der Waals surface area contributed by atoms with E-state index in [1.54, 1.807) is 0 Å². The smallest absolute Gasteiger partial charge is 0.344 e. The van der Waals surface area contributed by atoms with Gasteiger partial charge in [-0.05, 0) is 38.0 Å². The van der Waals surface area contributed by atoms with Gasteiger partial charge < -0.3 is 10.1 Å². The summed E-state index contributed by atoms with van der Waals surface area (Å²) in [7, 11) is 0. The van der Waals surface area contributed by atoms with Crippen LogP contribution in [0.25, 0.3) is 0 Å². The number of hydrogen-bond acceptors (Lipinski definition) is 5. The number of carbonyl (C=O) groups is 4. The minimum absolute atomic E-state index is 0.244. The van der Waals surface area contributed by atoms with Crippen LogP contribution in [0.1, 0.15) is 58.8 Å². The summed E-state index contributed by atoms with van der Waals surface area (Å²) >= 11 is 0. The van der Waals surface area contributed by atoms with E-state index in [0.29, 0.717) is 30.2 Å². The van der Waals surface area contributed by atoms with Crippen molar-refractivity contribution in [2.45, 2.75) is 64.3 Å². The lowest BCUT2D eigenvalue weighted by Gasteiger charge is -2.33. The Bertz CT molecular complexity index is 526. The van der Waals surface area contributed by atoms with Crippen molar-refractivity contribution < 1.29 is 23.9 Å². The van der Waals surface area contributed by atoms with Gasteiger partial charge >= 0.3 is 12.0 Å². The van der Waals surface area contributed by atoms with E-state index in [1.165, 1.54) is 0 Å². The van der Waals surface area contributed by atoms with Crippen LogP contribution in [0, 0.1) is 5.92 Å². The number of hydrazine groups is 1. The lowest BCUT2D eigenvalue weighted by molar-refractivity contribution is -0.150. The lowest BCUT2D eigenvalue weighted by Crippen LogP contribution is -2.52. The molecule has 8 nitrogen and oxygen atoms in total. The number of imide groups is 1. The minimum atomic E-state index is -0.908. The van der Waals surface area contributed by atoms with Gasteiger partial charge in [0, 0.05) is 6.42 Å². The first-order chi connectivity index (χ1) is 11.4. The third-order valence-corrected chi connectivity index (χ3v) is 4.62. The summed E-state index contributed by atoms with van der Waals surface area (Å²) < 4.78 is 4.82. The van der Waals surface area contributed by atoms with Crippen LogP contribution < -0.4 is 10.7 Å². The molecular formula is C16H25N3O5. The Kier molecular flexibility index (Phi) is 5.80. The topological polar surface area (TPSA) is 105 Å². The first-order valence-corrected chi connectivity index (χ1v) is 8.50. The molecule has 0 bridgehead atoms. The maximum atomic E-state index is 12.5. The van der Waals surface area contributed by atoms with Crippen molar-refractivity contribution in [3.63, 3.8) is 0 Å². The molecule has 0 unspecified atom stereocenters. The molecule has 24 heavy (non-hydrogen) atoms. The molecule has 0 atom stereocenters. The molecule has 4 amide bonds. The molecule has 0 aromatic heterocycles. The van der Waals surface area contributed by atoms with E-state index in [0.717, 1.165) is 19.3 Å². The first-order valence-electron chi connectivity index (χ1n) is 8.50. The van der Waals surface area contributed by atoms with Crippen LogP contribution in [0.15, 0.2) is 0 Å². The molecule has 0 aromatic carbocycles. The van der Waals surface area contributed by atoms with Crippen molar-refractivity contribution in [2.75, 3.05) is 6.61 Å². The highest BCUT2D eigenvalue weighted by Crippen LogP contribution is 2.35. The summed E-state index contributed by atoms with van der Waals surface area (Å²) in [5, 5.41) is 3.41. The minimum Gasteiger partial charge on any atom is -0.455 e. The molecule has 0 aromatic rings. The second kappa shape index (κ2) is 7.63. The van der Waals surface area contributed by atoms with Gasteiger partial charge in [0.2, 0.25) is 0 Å². The molecule has 1 heterocycles. The molecule has 2 fully saturated rings. The summed E-state index contributed by atoms with van der Waals surface area (Å²) in [6.07, 6.45) is 4.62. The number of esters is 1. The van der Waals surface area contributed by atoms with Gasteiger partial charge in [0.1, 0.15) is 5.54 Å². The number of ether oxygens (including phenoxy) is 1. The summed E-state index contributed by atoms with van der Waals surface area (Å²) in [4.78, 5) is 47.8. The zero-order chi connectivity index (χ0) is 17.7. The Labute approximate surface area is 141 Å². The predicted molar refractivity (Wildman–Crippen MR) is 84.4 cm³/mol. The van der Waals surface area contributed by atoms with Crippen LogP contribution in [0.3, 0.4) is 0 Å². The van der Waals surface area contributed by atoms with E-state index in [1.807, 2.05) is 6.92 Å². The van der Waals surface area contributed by atoms with E-state index < -0.39 is 36.0 Å². The average molecular weight is 339 g/mol. The molecule has 2 aliphatic rings. The van der Waals surface area contributed by atoms with Crippen LogP contribution in [0.2, 0.25) is 0 Å². The zero-order valence-corrected chi connectivity index (χ0v) is 14.2. The zero-order valence-electron chi connectivity index (χ0n) is 14.2. The van der Waals surface area contributed by atoms with E-state index >= 15 is 0 Å². The highest BCUT2D eigenvalue weighted by atomic mass is 16.5. The second-order valence-electron chi connectivity index (χ2n) is 6.63. The number of unbranched alkanes of at least 4 members (excludes halogenated alkanes) is 1. The number of hydrogen-bond donors (Lipinski definition) is 2. The van der Waals surface area contributed by atoms with Crippen LogP contribution in [-0.4, -0.2) is 41.0 Å². The van der Waals surface area contributed by atoms with Gasteiger partial charge in [0.15, 0.2) is 6.61 Å². The summed E-state index contributed by atoms with van der Waals surface area (Å²) in [5.74, 6) is -1.09. The molecule has 1 saturated heterocycles. The van der Waals surface area contributed by atoms with Gasteiger partial charge in [-0.1, -0.05) is 20.3 Å². The van der Waals surface area contributed by atoms with Crippen molar-refractivity contribution in [3.05, 3.63) is 0 Å². The van der Waals surface area contributed by atoms with Gasteiger partial charge in [-0.2, -0.15) is 5.01 Å². The fourth-order valence-electron chi connectivity index (χ4n) is 3.01. The van der Waals surface area contributed by atoms with Crippen molar-refractivity contribution in [1.29, 1.82) is 0 Å². The second-order valence-corrected chi connectivity index (χ2v) is 6.63. The molecule has 2 rings (SSSR count). The van der Waals surface area contributed by atoms with E-state index in [4.69, 9.17) is 4.74 Å².